The lowest BCUT2D eigenvalue weighted by atomic mass is 9.93. The number of amides is 1. The molecule has 2 unspecified atom stereocenters. The molecular weight excluding hydrogens is 226 g/mol. The monoisotopic (exact) mass is 247 g/mol. The summed E-state index contributed by atoms with van der Waals surface area (Å²) in [4.78, 5) is 13.8. The van der Waals surface area contributed by atoms with E-state index >= 15 is 0 Å². The molecule has 1 aromatic carbocycles. The molecule has 0 aromatic heterocycles. The van der Waals surface area contributed by atoms with Crippen molar-refractivity contribution in [3.8, 4) is 0 Å². The van der Waals surface area contributed by atoms with Crippen LogP contribution in [0, 0.1) is 5.92 Å². The number of nitrogens with two attached hydrogens (primary N) is 2. The number of hydrogen-bond donors (Lipinski definition) is 2. The number of nitrogen functional groups attached to an aromatic ring is 1. The second-order valence-electron chi connectivity index (χ2n) is 5.32. The molecule has 0 radical (unpaired) electrons. The van der Waals surface area contributed by atoms with Crippen LogP contribution >= 0.6 is 0 Å². The van der Waals surface area contributed by atoms with E-state index in [1.165, 1.54) is 6.42 Å². The Morgan fingerprint density at radius 3 is 2.72 bits per heavy atom. The zero-order valence-corrected chi connectivity index (χ0v) is 11.0. The highest BCUT2D eigenvalue weighted by molar-refractivity contribution is 5.99. The highest BCUT2D eigenvalue weighted by Gasteiger charge is 2.25. The van der Waals surface area contributed by atoms with Crippen molar-refractivity contribution in [2.75, 3.05) is 17.2 Å². The average Bonchev–Trinajstić information content (AvgIpc) is 2.32. The van der Waals surface area contributed by atoms with Gasteiger partial charge < -0.3 is 16.4 Å². The highest BCUT2D eigenvalue weighted by atomic mass is 16.1. The lowest BCUT2D eigenvalue weighted by Crippen LogP contribution is -2.42. The summed E-state index contributed by atoms with van der Waals surface area (Å²) in [5, 5.41) is 0. The van der Waals surface area contributed by atoms with Gasteiger partial charge in [-0.05, 0) is 43.9 Å². The van der Waals surface area contributed by atoms with Gasteiger partial charge in [0.05, 0.1) is 5.56 Å². The summed E-state index contributed by atoms with van der Waals surface area (Å²) in [6, 6.07) is 5.84. The van der Waals surface area contributed by atoms with Crippen molar-refractivity contribution in [2.45, 2.75) is 32.7 Å². The van der Waals surface area contributed by atoms with Crippen LogP contribution < -0.4 is 16.4 Å². The standard InChI is InChI=1S/C14H21N3O/c1-9-3-4-10(2)17(8-9)13-6-5-11(15)7-12(13)14(16)18/h5-7,9-10H,3-4,8,15H2,1-2H3,(H2,16,18). The molecular formula is C14H21N3O. The van der Waals surface area contributed by atoms with Crippen LogP contribution in [0.5, 0.6) is 0 Å². The van der Waals surface area contributed by atoms with E-state index in [9.17, 15) is 4.79 Å². The van der Waals surface area contributed by atoms with Gasteiger partial charge in [0.15, 0.2) is 0 Å². The van der Waals surface area contributed by atoms with E-state index in [1.807, 2.05) is 12.1 Å². The normalized spacial score (nSPS) is 24.0. The van der Waals surface area contributed by atoms with E-state index in [0.29, 0.717) is 23.2 Å². The summed E-state index contributed by atoms with van der Waals surface area (Å²) in [6.07, 6.45) is 2.38. The first kappa shape index (κ1) is 12.7. The molecule has 1 heterocycles. The van der Waals surface area contributed by atoms with Gasteiger partial charge >= 0.3 is 0 Å². The second kappa shape index (κ2) is 4.88. The fourth-order valence-corrected chi connectivity index (χ4v) is 2.63. The van der Waals surface area contributed by atoms with Gasteiger partial charge in [0.25, 0.3) is 5.91 Å². The third-order valence-corrected chi connectivity index (χ3v) is 3.71. The highest BCUT2D eigenvalue weighted by Crippen LogP contribution is 2.30. The average molecular weight is 247 g/mol. The summed E-state index contributed by atoms with van der Waals surface area (Å²) in [7, 11) is 0. The third-order valence-electron chi connectivity index (χ3n) is 3.71. The molecule has 1 saturated heterocycles. The van der Waals surface area contributed by atoms with Crippen LogP contribution in [0.1, 0.15) is 37.0 Å². The van der Waals surface area contributed by atoms with E-state index in [1.54, 1.807) is 6.07 Å². The molecule has 1 aromatic rings. The van der Waals surface area contributed by atoms with Crippen LogP contribution in [0.25, 0.3) is 0 Å². The molecule has 1 aliphatic heterocycles. The maximum absolute atomic E-state index is 11.5. The molecule has 4 N–H and O–H groups in total. The summed E-state index contributed by atoms with van der Waals surface area (Å²) in [5.41, 5.74) is 13.2. The minimum atomic E-state index is -0.414. The van der Waals surface area contributed by atoms with Gasteiger partial charge in [-0.25, -0.2) is 0 Å². The van der Waals surface area contributed by atoms with Crippen molar-refractivity contribution in [3.63, 3.8) is 0 Å². The first-order valence-corrected chi connectivity index (χ1v) is 6.45. The van der Waals surface area contributed by atoms with Crippen molar-refractivity contribution >= 4 is 17.3 Å². The summed E-state index contributed by atoms with van der Waals surface area (Å²) >= 11 is 0. The van der Waals surface area contributed by atoms with Crippen LogP contribution in [0.15, 0.2) is 18.2 Å². The predicted octanol–water partition coefficient (Wildman–Crippen LogP) is 1.99. The van der Waals surface area contributed by atoms with E-state index in [-0.39, 0.29) is 0 Å². The molecule has 4 nitrogen and oxygen atoms in total. The minimum absolute atomic E-state index is 0.414. The number of nitrogens with zero attached hydrogens (tertiary/aromatic N) is 1. The second-order valence-corrected chi connectivity index (χ2v) is 5.32. The van der Waals surface area contributed by atoms with E-state index < -0.39 is 5.91 Å². The zero-order valence-electron chi connectivity index (χ0n) is 11.0. The molecule has 0 spiro atoms. The Morgan fingerprint density at radius 2 is 2.06 bits per heavy atom. The van der Waals surface area contributed by atoms with E-state index in [2.05, 4.69) is 18.7 Å². The van der Waals surface area contributed by atoms with Crippen LogP contribution in [0.2, 0.25) is 0 Å². The summed E-state index contributed by atoms with van der Waals surface area (Å²) in [6.45, 7) is 5.39. The minimum Gasteiger partial charge on any atom is -0.399 e. The molecule has 0 bridgehead atoms. The Bertz CT molecular complexity index is 458. The van der Waals surface area contributed by atoms with Gasteiger partial charge in [0, 0.05) is 24.0 Å². The summed E-state index contributed by atoms with van der Waals surface area (Å²) < 4.78 is 0. The number of piperidine rings is 1. The molecule has 2 rings (SSSR count). The Labute approximate surface area is 108 Å². The molecule has 1 amide bonds. The largest absolute Gasteiger partial charge is 0.399 e. The van der Waals surface area contributed by atoms with Gasteiger partial charge in [-0.1, -0.05) is 6.92 Å². The quantitative estimate of drug-likeness (QED) is 0.785. The van der Waals surface area contributed by atoms with Crippen molar-refractivity contribution < 1.29 is 4.79 Å². The van der Waals surface area contributed by atoms with E-state index in [0.717, 1.165) is 18.7 Å². The maximum atomic E-state index is 11.5. The topological polar surface area (TPSA) is 72.3 Å². The molecule has 0 saturated carbocycles. The van der Waals surface area contributed by atoms with Crippen molar-refractivity contribution in [3.05, 3.63) is 23.8 Å². The molecule has 1 fully saturated rings. The van der Waals surface area contributed by atoms with E-state index in [4.69, 9.17) is 11.5 Å². The first-order chi connectivity index (χ1) is 8.49. The lowest BCUT2D eigenvalue weighted by molar-refractivity contribution is 0.100. The predicted molar refractivity (Wildman–Crippen MR) is 74.6 cm³/mol. The van der Waals surface area contributed by atoms with Crippen molar-refractivity contribution in [2.24, 2.45) is 11.7 Å². The van der Waals surface area contributed by atoms with Gasteiger partial charge in [0.1, 0.15) is 0 Å². The molecule has 98 valence electrons. The molecule has 1 aliphatic rings. The molecule has 4 heteroatoms. The number of hydrogen-bond acceptors (Lipinski definition) is 3. The van der Waals surface area contributed by atoms with Crippen LogP contribution in [0.4, 0.5) is 11.4 Å². The summed E-state index contributed by atoms with van der Waals surface area (Å²) in [5.74, 6) is 0.224. The Kier molecular flexibility index (Phi) is 3.45. The third kappa shape index (κ3) is 2.42. The molecule has 2 atom stereocenters. The van der Waals surface area contributed by atoms with Gasteiger partial charge in [0.2, 0.25) is 0 Å². The smallest absolute Gasteiger partial charge is 0.250 e. The van der Waals surface area contributed by atoms with Gasteiger partial charge in [-0.3, -0.25) is 4.79 Å². The van der Waals surface area contributed by atoms with Crippen molar-refractivity contribution in [1.29, 1.82) is 0 Å². The molecule has 0 aliphatic carbocycles. The van der Waals surface area contributed by atoms with Crippen LogP contribution in [-0.2, 0) is 0 Å². The van der Waals surface area contributed by atoms with Crippen LogP contribution in [-0.4, -0.2) is 18.5 Å². The zero-order chi connectivity index (χ0) is 13.3. The number of primary amides is 1. The fourth-order valence-electron chi connectivity index (χ4n) is 2.63. The molecule has 18 heavy (non-hydrogen) atoms. The first-order valence-electron chi connectivity index (χ1n) is 6.45. The Hall–Kier alpha value is -1.71. The van der Waals surface area contributed by atoms with Gasteiger partial charge in [-0.2, -0.15) is 0 Å². The Morgan fingerprint density at radius 1 is 1.33 bits per heavy atom. The number of carbonyl (C=O) groups is 1. The van der Waals surface area contributed by atoms with Gasteiger partial charge in [-0.15, -0.1) is 0 Å². The van der Waals surface area contributed by atoms with Crippen LogP contribution in [0.3, 0.4) is 0 Å². The number of rotatable bonds is 2. The Balaban J connectivity index is 2.40. The fraction of sp³-hybridized carbons (Fsp3) is 0.500. The van der Waals surface area contributed by atoms with Crippen molar-refractivity contribution in [1.82, 2.24) is 0 Å². The maximum Gasteiger partial charge on any atom is 0.250 e. The number of benzene rings is 1. The number of anilines is 2. The number of carbonyl (C=O) groups excluding carboxylic acids is 1. The lowest BCUT2D eigenvalue weighted by Gasteiger charge is -2.39. The SMILES string of the molecule is CC1CCC(C)N(c2ccc(N)cc2C(N)=O)C1.